The second-order valence-corrected chi connectivity index (χ2v) is 6.04. The normalized spacial score (nSPS) is 16.4. The Morgan fingerprint density at radius 3 is 2.77 bits per heavy atom. The van der Waals surface area contributed by atoms with Crippen LogP contribution in [0.5, 0.6) is 0 Å². The Bertz CT molecular complexity index is 984. The van der Waals surface area contributed by atoms with Crippen molar-refractivity contribution >= 4 is 22.7 Å². The molecule has 2 amide bonds. The fourth-order valence-electron chi connectivity index (χ4n) is 3.96. The number of hydrogen-bond acceptors (Lipinski definition) is 3. The molecule has 0 aromatic heterocycles. The lowest BCUT2D eigenvalue weighted by molar-refractivity contribution is 0.0880. The van der Waals surface area contributed by atoms with Gasteiger partial charge in [-0.2, -0.15) is 0 Å². The molecule has 0 atom stereocenters. The maximum Gasteiger partial charge on any atom is 0.259 e. The molecule has 5 rings (SSSR count). The maximum atomic E-state index is 12.3. The molecule has 0 saturated carbocycles. The Labute approximate surface area is 126 Å². The third kappa shape index (κ3) is 1.23. The van der Waals surface area contributed by atoms with Crippen molar-refractivity contribution in [3.63, 3.8) is 0 Å². The average Bonchev–Trinajstić information content (AvgIpc) is 3.15. The number of rotatable bonds is 0. The maximum absolute atomic E-state index is 12.3. The van der Waals surface area contributed by atoms with Gasteiger partial charge in [0.1, 0.15) is 5.82 Å². The molecule has 3 heterocycles. The van der Waals surface area contributed by atoms with E-state index in [9.17, 15) is 9.59 Å². The van der Waals surface area contributed by atoms with E-state index in [1.54, 1.807) is 0 Å². The van der Waals surface area contributed by atoms with E-state index in [0.29, 0.717) is 11.1 Å². The van der Waals surface area contributed by atoms with Crippen LogP contribution in [-0.4, -0.2) is 21.4 Å². The van der Waals surface area contributed by atoms with Gasteiger partial charge in [0, 0.05) is 24.2 Å². The van der Waals surface area contributed by atoms with Gasteiger partial charge in [0.2, 0.25) is 0 Å². The topological polar surface area (TPSA) is 64.0 Å². The van der Waals surface area contributed by atoms with Crippen LogP contribution in [0.15, 0.2) is 18.3 Å². The van der Waals surface area contributed by atoms with E-state index in [2.05, 4.69) is 5.32 Å². The first-order chi connectivity index (χ1) is 10.7. The Morgan fingerprint density at radius 2 is 1.91 bits per heavy atom. The van der Waals surface area contributed by atoms with Crippen LogP contribution in [0.4, 0.5) is 0 Å². The summed E-state index contributed by atoms with van der Waals surface area (Å²) < 4.78 is 1.96. The number of fused-ring (bicyclic) bond motifs is 8. The van der Waals surface area contributed by atoms with Gasteiger partial charge in [-0.3, -0.25) is 14.9 Å². The molecule has 0 spiro atoms. The van der Waals surface area contributed by atoms with E-state index < -0.39 is 0 Å². The number of amides is 2. The fraction of sp³-hybridized carbons (Fsp3) is 0.235. The summed E-state index contributed by atoms with van der Waals surface area (Å²) in [6.07, 6.45) is 4.73. The number of benzene rings is 1. The first-order valence-electron chi connectivity index (χ1n) is 7.45. The number of hydrogen-bond donors (Lipinski definition) is 1. The molecule has 0 fully saturated rings. The molecule has 1 aromatic carbocycles. The van der Waals surface area contributed by atoms with Gasteiger partial charge in [-0.05, 0) is 42.5 Å². The third-order valence-corrected chi connectivity index (χ3v) is 4.86. The van der Waals surface area contributed by atoms with Crippen LogP contribution in [0, 0.1) is 0 Å². The Morgan fingerprint density at radius 1 is 1.14 bits per heavy atom. The van der Waals surface area contributed by atoms with E-state index in [1.807, 2.05) is 29.9 Å². The van der Waals surface area contributed by atoms with Crippen molar-refractivity contribution in [2.24, 2.45) is 7.05 Å². The zero-order valence-corrected chi connectivity index (χ0v) is 12.1. The minimum absolute atomic E-state index is 0.255. The first-order valence-corrected chi connectivity index (χ1v) is 7.45. The monoisotopic (exact) mass is 291 g/mol. The van der Waals surface area contributed by atoms with Crippen molar-refractivity contribution in [1.29, 1.82) is 0 Å². The summed E-state index contributed by atoms with van der Waals surface area (Å²) in [7, 11) is 1.94. The van der Waals surface area contributed by atoms with Gasteiger partial charge in [0.25, 0.3) is 11.8 Å². The minimum Gasteiger partial charge on any atom is -0.336 e. The van der Waals surface area contributed by atoms with Crippen molar-refractivity contribution in [3.05, 3.63) is 40.6 Å². The zero-order chi connectivity index (χ0) is 15.0. The summed E-state index contributed by atoms with van der Waals surface area (Å²) in [4.78, 5) is 29.4. The summed E-state index contributed by atoms with van der Waals surface area (Å²) in [6, 6.07) is 3.92. The molecule has 3 aliphatic heterocycles. The van der Waals surface area contributed by atoms with Crippen LogP contribution in [0.2, 0.25) is 0 Å². The number of aromatic nitrogens is 2. The lowest BCUT2D eigenvalue weighted by Crippen LogP contribution is -2.20. The highest BCUT2D eigenvalue weighted by Crippen LogP contribution is 2.42. The van der Waals surface area contributed by atoms with E-state index >= 15 is 0 Å². The summed E-state index contributed by atoms with van der Waals surface area (Å²) >= 11 is 0. The van der Waals surface area contributed by atoms with Gasteiger partial charge in [-0.15, -0.1) is 0 Å². The number of carbonyl (C=O) groups excluding carboxylic acids is 2. The smallest absolute Gasteiger partial charge is 0.259 e. The van der Waals surface area contributed by atoms with Crippen LogP contribution in [0.3, 0.4) is 0 Å². The van der Waals surface area contributed by atoms with Crippen LogP contribution in [0.1, 0.15) is 38.3 Å². The number of pyridine rings is 1. The summed E-state index contributed by atoms with van der Waals surface area (Å²) in [5.41, 5.74) is 5.12. The number of imide groups is 1. The molecule has 1 aliphatic carbocycles. The van der Waals surface area contributed by atoms with Gasteiger partial charge in [-0.25, -0.2) is 4.98 Å². The molecule has 0 unspecified atom stereocenters. The van der Waals surface area contributed by atoms with Crippen LogP contribution >= 0.6 is 0 Å². The standard InChI is InChI=1S/C17H13N3O2/c1-20-7-3-6-10-11-13-12(16(21)19-17(13)22)8-4-2-5-9(8)14(11)18-15(10)20/h3,6-7H,2,4-5H2,1H3,(H,19,21,22). The average molecular weight is 291 g/mol. The van der Waals surface area contributed by atoms with E-state index in [4.69, 9.17) is 4.98 Å². The lowest BCUT2D eigenvalue weighted by Gasteiger charge is -2.07. The second kappa shape index (κ2) is 3.74. The molecule has 4 aliphatic rings. The van der Waals surface area contributed by atoms with Crippen molar-refractivity contribution in [2.45, 2.75) is 19.3 Å². The largest absolute Gasteiger partial charge is 0.336 e. The quantitative estimate of drug-likeness (QED) is 0.645. The van der Waals surface area contributed by atoms with Gasteiger partial charge < -0.3 is 4.57 Å². The lowest BCUT2D eigenvalue weighted by atomic mass is 9.93. The van der Waals surface area contributed by atoms with E-state index in [-0.39, 0.29) is 11.8 Å². The van der Waals surface area contributed by atoms with Gasteiger partial charge in [-0.1, -0.05) is 0 Å². The Kier molecular flexibility index (Phi) is 2.02. The highest BCUT2D eigenvalue weighted by molar-refractivity contribution is 6.29. The SMILES string of the molecule is Cn1cccc2c3c4c(c5c(c3nc1-2)CCC5)C(=O)NC4=O. The molecule has 5 nitrogen and oxygen atoms in total. The third-order valence-electron chi connectivity index (χ3n) is 4.86. The molecule has 108 valence electrons. The van der Waals surface area contributed by atoms with Crippen molar-refractivity contribution in [2.75, 3.05) is 0 Å². The van der Waals surface area contributed by atoms with Crippen LogP contribution in [0.25, 0.3) is 22.3 Å². The molecule has 0 saturated heterocycles. The van der Waals surface area contributed by atoms with Gasteiger partial charge >= 0.3 is 0 Å². The minimum atomic E-state index is -0.291. The molecular weight excluding hydrogens is 278 g/mol. The van der Waals surface area contributed by atoms with Gasteiger partial charge in [0.15, 0.2) is 0 Å². The molecule has 0 radical (unpaired) electrons. The molecular formula is C17H13N3O2. The summed E-state index contributed by atoms with van der Waals surface area (Å²) in [6.45, 7) is 0. The van der Waals surface area contributed by atoms with Crippen molar-refractivity contribution in [3.8, 4) is 11.4 Å². The first kappa shape index (κ1) is 11.9. The fourth-order valence-corrected chi connectivity index (χ4v) is 3.96. The predicted octanol–water partition coefficient (Wildman–Crippen LogP) is 2.05. The van der Waals surface area contributed by atoms with Crippen LogP contribution in [-0.2, 0) is 19.9 Å². The summed E-state index contributed by atoms with van der Waals surface area (Å²) in [5, 5.41) is 3.30. The molecule has 5 heteroatoms. The summed E-state index contributed by atoms with van der Waals surface area (Å²) in [5.74, 6) is 0.308. The second-order valence-electron chi connectivity index (χ2n) is 6.04. The highest BCUT2D eigenvalue weighted by atomic mass is 16.2. The van der Waals surface area contributed by atoms with Crippen molar-refractivity contribution in [1.82, 2.24) is 14.9 Å². The molecule has 1 N–H and O–H groups in total. The van der Waals surface area contributed by atoms with Crippen molar-refractivity contribution < 1.29 is 9.59 Å². The Hall–Kier alpha value is -2.69. The predicted molar refractivity (Wildman–Crippen MR) is 81.2 cm³/mol. The van der Waals surface area contributed by atoms with E-state index in [0.717, 1.165) is 52.7 Å². The molecule has 0 bridgehead atoms. The number of carbonyl (C=O) groups is 2. The van der Waals surface area contributed by atoms with E-state index in [1.165, 1.54) is 0 Å². The Balaban J connectivity index is 2.08. The van der Waals surface area contributed by atoms with Crippen LogP contribution < -0.4 is 5.32 Å². The van der Waals surface area contributed by atoms with Gasteiger partial charge in [0.05, 0.1) is 16.6 Å². The zero-order valence-electron chi connectivity index (χ0n) is 12.1. The number of nitrogens with one attached hydrogen (secondary N) is 1. The number of aryl methyl sites for hydroxylation is 2. The highest BCUT2D eigenvalue weighted by Gasteiger charge is 2.37. The molecule has 1 aromatic rings. The molecule has 22 heavy (non-hydrogen) atoms. The number of nitrogens with zero attached hydrogens (tertiary/aromatic N) is 2.